The van der Waals surface area contributed by atoms with E-state index in [1.165, 1.54) is 0 Å². The van der Waals surface area contributed by atoms with E-state index in [0.29, 0.717) is 22.8 Å². The number of hydrogen-bond donors (Lipinski definition) is 0. The monoisotopic (exact) mass is 482 g/mol. The van der Waals surface area contributed by atoms with E-state index in [9.17, 15) is 4.79 Å². The molecule has 0 fully saturated rings. The summed E-state index contributed by atoms with van der Waals surface area (Å²) >= 11 is 3.41. The maximum absolute atomic E-state index is 13.0. The summed E-state index contributed by atoms with van der Waals surface area (Å²) in [6.07, 6.45) is 3.60. The molecule has 32 heavy (non-hydrogen) atoms. The Balaban J connectivity index is 1.50. The van der Waals surface area contributed by atoms with Gasteiger partial charge in [0, 0.05) is 21.6 Å². The van der Waals surface area contributed by atoms with Crippen LogP contribution < -0.4 is 4.74 Å². The quantitative estimate of drug-likeness (QED) is 0.269. The van der Waals surface area contributed by atoms with Crippen LogP contribution >= 0.6 is 15.9 Å². The van der Waals surface area contributed by atoms with Gasteiger partial charge in [0.2, 0.25) is 5.78 Å². The summed E-state index contributed by atoms with van der Waals surface area (Å²) in [6.45, 7) is 0. The van der Waals surface area contributed by atoms with Crippen molar-refractivity contribution >= 4 is 38.8 Å². The summed E-state index contributed by atoms with van der Waals surface area (Å²) in [5.41, 5.74) is 3.57. The molecule has 5 nitrogen and oxygen atoms in total. The van der Waals surface area contributed by atoms with Crippen LogP contribution in [0.4, 0.5) is 0 Å². The second-order valence-corrected chi connectivity index (χ2v) is 8.36. The number of ketones is 1. The smallest absolute Gasteiger partial charge is 0.232 e. The van der Waals surface area contributed by atoms with Crippen molar-refractivity contribution in [1.82, 2.24) is 9.78 Å². The second kappa shape index (κ2) is 7.35. The summed E-state index contributed by atoms with van der Waals surface area (Å²) in [5, 5.41) is 5.77. The number of allylic oxidation sites excluding steroid dienone is 1. The van der Waals surface area contributed by atoms with Crippen molar-refractivity contribution in [2.24, 2.45) is 0 Å². The molecule has 1 aliphatic heterocycles. The predicted octanol–water partition coefficient (Wildman–Crippen LogP) is 6.66. The van der Waals surface area contributed by atoms with E-state index < -0.39 is 0 Å². The van der Waals surface area contributed by atoms with Gasteiger partial charge < -0.3 is 9.15 Å². The molecule has 0 radical (unpaired) electrons. The molecule has 3 heterocycles. The Hall–Kier alpha value is -3.90. The highest BCUT2D eigenvalue weighted by Crippen LogP contribution is 2.36. The van der Waals surface area contributed by atoms with Gasteiger partial charge in [-0.1, -0.05) is 52.3 Å². The molecule has 0 bridgehead atoms. The Bertz CT molecular complexity index is 1500. The highest BCUT2D eigenvalue weighted by molar-refractivity contribution is 9.10. The first-order chi connectivity index (χ1) is 15.7. The zero-order chi connectivity index (χ0) is 21.7. The molecule has 0 unspecified atom stereocenters. The van der Waals surface area contributed by atoms with Crippen molar-refractivity contribution in [3.8, 4) is 22.9 Å². The van der Waals surface area contributed by atoms with E-state index in [1.807, 2.05) is 72.9 Å². The minimum absolute atomic E-state index is 0.163. The van der Waals surface area contributed by atoms with Crippen LogP contribution in [0.25, 0.3) is 34.2 Å². The van der Waals surface area contributed by atoms with Gasteiger partial charge in [-0.25, -0.2) is 4.68 Å². The van der Waals surface area contributed by atoms with Gasteiger partial charge in [0.15, 0.2) is 11.5 Å². The number of furan rings is 1. The summed E-state index contributed by atoms with van der Waals surface area (Å²) < 4.78 is 14.5. The number of Topliss-reactive ketones (excluding diaryl/α,β-unsaturated/α-hetero) is 1. The van der Waals surface area contributed by atoms with Gasteiger partial charge in [-0.3, -0.25) is 4.79 Å². The highest BCUT2D eigenvalue weighted by atomic mass is 79.9. The van der Waals surface area contributed by atoms with E-state index in [2.05, 4.69) is 15.9 Å². The molecule has 0 amide bonds. The Morgan fingerprint density at radius 2 is 1.75 bits per heavy atom. The number of aromatic nitrogens is 2. The minimum atomic E-state index is -0.163. The van der Waals surface area contributed by atoms with Gasteiger partial charge in [0.1, 0.15) is 17.0 Å². The van der Waals surface area contributed by atoms with Crippen LogP contribution in [0.3, 0.4) is 0 Å². The van der Waals surface area contributed by atoms with Crippen molar-refractivity contribution in [3.63, 3.8) is 0 Å². The van der Waals surface area contributed by atoms with Crippen LogP contribution in [0, 0.1) is 0 Å². The molecule has 5 aromatic rings. The number of rotatable bonds is 3. The summed E-state index contributed by atoms with van der Waals surface area (Å²) in [7, 11) is 0. The van der Waals surface area contributed by atoms with E-state index in [1.54, 1.807) is 22.9 Å². The number of halogens is 1. The normalized spacial score (nSPS) is 14.2. The third kappa shape index (κ3) is 3.16. The SMILES string of the molecule is O=C1C(=Cc2cn(-c3ccccc3)nc2-c2cc3ccccc3o2)Oc2ccc(Br)cc21. The molecule has 6 rings (SSSR count). The largest absolute Gasteiger partial charge is 0.454 e. The summed E-state index contributed by atoms with van der Waals surface area (Å²) in [6, 6.07) is 25.0. The summed E-state index contributed by atoms with van der Waals surface area (Å²) in [4.78, 5) is 13.0. The average Bonchev–Trinajstić information content (AvgIpc) is 3.51. The van der Waals surface area contributed by atoms with Crippen molar-refractivity contribution in [2.45, 2.75) is 0 Å². The molecule has 0 atom stereocenters. The second-order valence-electron chi connectivity index (χ2n) is 7.44. The van der Waals surface area contributed by atoms with Gasteiger partial charge in [-0.2, -0.15) is 5.10 Å². The molecule has 3 aromatic carbocycles. The van der Waals surface area contributed by atoms with Crippen LogP contribution in [-0.2, 0) is 0 Å². The van der Waals surface area contributed by atoms with Crippen LogP contribution in [0.1, 0.15) is 15.9 Å². The lowest BCUT2D eigenvalue weighted by atomic mass is 10.1. The minimum Gasteiger partial charge on any atom is -0.454 e. The first-order valence-electron chi connectivity index (χ1n) is 10.0. The molecular weight excluding hydrogens is 468 g/mol. The Labute approximate surface area is 191 Å². The highest BCUT2D eigenvalue weighted by Gasteiger charge is 2.28. The maximum atomic E-state index is 13.0. The molecule has 0 spiro atoms. The number of nitrogens with zero attached hydrogens (tertiary/aromatic N) is 2. The average molecular weight is 483 g/mol. The van der Waals surface area contributed by atoms with Gasteiger partial charge >= 0.3 is 0 Å². The Kier molecular flexibility index (Phi) is 4.33. The molecule has 0 saturated carbocycles. The number of ether oxygens (including phenoxy) is 1. The molecule has 6 heteroatoms. The lowest BCUT2D eigenvalue weighted by molar-refractivity contribution is 0.101. The first kappa shape index (κ1) is 18.8. The molecule has 0 aliphatic carbocycles. The number of benzene rings is 3. The fourth-order valence-corrected chi connectivity index (χ4v) is 4.16. The molecule has 1 aliphatic rings. The van der Waals surface area contributed by atoms with E-state index in [-0.39, 0.29) is 11.5 Å². The third-order valence-corrected chi connectivity index (χ3v) is 5.83. The number of carbonyl (C=O) groups excluding carboxylic acids is 1. The number of para-hydroxylation sites is 2. The Morgan fingerprint density at radius 3 is 2.59 bits per heavy atom. The fourth-order valence-electron chi connectivity index (χ4n) is 3.80. The zero-order valence-corrected chi connectivity index (χ0v) is 18.2. The maximum Gasteiger partial charge on any atom is 0.232 e. The van der Waals surface area contributed by atoms with Gasteiger partial charge in [0.05, 0.1) is 11.3 Å². The van der Waals surface area contributed by atoms with Crippen LogP contribution in [0.2, 0.25) is 0 Å². The Morgan fingerprint density at radius 1 is 0.938 bits per heavy atom. The van der Waals surface area contributed by atoms with Crippen LogP contribution in [0.5, 0.6) is 5.75 Å². The molecule has 2 aromatic heterocycles. The lowest BCUT2D eigenvalue weighted by Gasteiger charge is -1.98. The van der Waals surface area contributed by atoms with Crippen molar-refractivity contribution < 1.29 is 13.9 Å². The van der Waals surface area contributed by atoms with E-state index >= 15 is 0 Å². The molecule has 0 N–H and O–H groups in total. The standard InChI is InChI=1S/C26H15BrN2O3/c27-18-10-11-22-20(14-18)26(30)24(32-22)13-17-15-29(19-7-2-1-3-8-19)28-25(17)23-12-16-6-4-5-9-21(16)31-23/h1-15H. The first-order valence-corrected chi connectivity index (χ1v) is 10.8. The fraction of sp³-hybridized carbons (Fsp3) is 0. The molecular formula is C26H15BrN2O3. The van der Waals surface area contributed by atoms with Gasteiger partial charge in [-0.05, 0) is 48.5 Å². The van der Waals surface area contributed by atoms with Gasteiger partial charge in [0.25, 0.3) is 0 Å². The summed E-state index contributed by atoms with van der Waals surface area (Å²) in [5.74, 6) is 1.26. The topological polar surface area (TPSA) is 57.3 Å². The number of carbonyl (C=O) groups is 1. The third-order valence-electron chi connectivity index (χ3n) is 5.34. The predicted molar refractivity (Wildman–Crippen MR) is 126 cm³/mol. The molecule has 0 saturated heterocycles. The number of fused-ring (bicyclic) bond motifs is 2. The van der Waals surface area contributed by atoms with Crippen molar-refractivity contribution in [2.75, 3.05) is 0 Å². The van der Waals surface area contributed by atoms with E-state index in [4.69, 9.17) is 14.3 Å². The van der Waals surface area contributed by atoms with Crippen LogP contribution in [-0.4, -0.2) is 15.6 Å². The van der Waals surface area contributed by atoms with Crippen molar-refractivity contribution in [3.05, 3.63) is 106 Å². The van der Waals surface area contributed by atoms with Gasteiger partial charge in [-0.15, -0.1) is 0 Å². The number of hydrogen-bond acceptors (Lipinski definition) is 4. The van der Waals surface area contributed by atoms with E-state index in [0.717, 1.165) is 26.7 Å². The van der Waals surface area contributed by atoms with Crippen LogP contribution in [0.15, 0.2) is 99.7 Å². The molecule has 154 valence electrons. The zero-order valence-electron chi connectivity index (χ0n) is 16.7. The lowest BCUT2D eigenvalue weighted by Crippen LogP contribution is -1.98. The van der Waals surface area contributed by atoms with Crippen molar-refractivity contribution in [1.29, 1.82) is 0 Å².